The maximum atomic E-state index is 11.3. The van der Waals surface area contributed by atoms with E-state index in [1.165, 1.54) is 0 Å². The Bertz CT molecular complexity index is 738. The van der Waals surface area contributed by atoms with Gasteiger partial charge >= 0.3 is 0 Å². The van der Waals surface area contributed by atoms with Crippen molar-refractivity contribution in [3.8, 4) is 0 Å². The van der Waals surface area contributed by atoms with E-state index >= 15 is 0 Å². The van der Waals surface area contributed by atoms with Crippen LogP contribution in [0.25, 0.3) is 0 Å². The Kier molecular flexibility index (Phi) is 7.06. The van der Waals surface area contributed by atoms with Crippen molar-refractivity contribution < 1.29 is 14.8 Å². The summed E-state index contributed by atoms with van der Waals surface area (Å²) in [5.74, 6) is -0.595. The number of halogens is 2. The zero-order valence-corrected chi connectivity index (χ0v) is 14.6. The summed E-state index contributed by atoms with van der Waals surface area (Å²) in [6.07, 6.45) is 1.35. The van der Waals surface area contributed by atoms with Crippen LogP contribution in [0, 0.1) is 0 Å². The van der Waals surface area contributed by atoms with Gasteiger partial charge < -0.3 is 15.4 Å². The molecule has 1 atom stereocenters. The number of aldehydes is 1. The number of benzene rings is 2. The van der Waals surface area contributed by atoms with Gasteiger partial charge in [-0.05, 0) is 48.9 Å². The van der Waals surface area contributed by atoms with Crippen LogP contribution in [-0.4, -0.2) is 30.0 Å². The van der Waals surface area contributed by atoms with Crippen molar-refractivity contribution in [1.29, 1.82) is 0 Å². The lowest BCUT2D eigenvalue weighted by Crippen LogP contribution is -2.24. The first-order chi connectivity index (χ1) is 12.0. The van der Waals surface area contributed by atoms with Gasteiger partial charge in [0.25, 0.3) is 5.91 Å². The third kappa shape index (κ3) is 5.63. The molecule has 0 saturated carbocycles. The minimum absolute atomic E-state index is 0.315. The van der Waals surface area contributed by atoms with Crippen molar-refractivity contribution in [2.45, 2.75) is 12.5 Å². The number of rotatable bonds is 8. The van der Waals surface area contributed by atoms with Crippen molar-refractivity contribution in [2.75, 3.05) is 17.2 Å². The highest BCUT2D eigenvalue weighted by Crippen LogP contribution is 2.25. The molecule has 8 heteroatoms. The van der Waals surface area contributed by atoms with Gasteiger partial charge in [-0.15, -0.1) is 0 Å². The van der Waals surface area contributed by atoms with Crippen LogP contribution in [0.3, 0.4) is 0 Å². The molecule has 0 aliphatic heterocycles. The monoisotopic (exact) mass is 381 g/mol. The fourth-order valence-corrected chi connectivity index (χ4v) is 2.64. The SMILES string of the molecule is O=CC(CCNc1ccc(Cl)cc1Cl)Nc1ccc(C(=O)NO)cc1. The number of hydroxylamine groups is 1. The highest BCUT2D eigenvalue weighted by Gasteiger charge is 2.09. The van der Waals surface area contributed by atoms with Crippen molar-refractivity contribution >= 4 is 46.8 Å². The van der Waals surface area contributed by atoms with E-state index in [1.54, 1.807) is 47.9 Å². The number of hydrogen-bond donors (Lipinski definition) is 4. The predicted molar refractivity (Wildman–Crippen MR) is 98.7 cm³/mol. The summed E-state index contributed by atoms with van der Waals surface area (Å²) in [4.78, 5) is 22.5. The lowest BCUT2D eigenvalue weighted by atomic mass is 10.1. The van der Waals surface area contributed by atoms with Crippen LogP contribution in [0.2, 0.25) is 10.0 Å². The van der Waals surface area contributed by atoms with Crippen molar-refractivity contribution in [2.24, 2.45) is 0 Å². The van der Waals surface area contributed by atoms with E-state index in [4.69, 9.17) is 28.4 Å². The smallest absolute Gasteiger partial charge is 0.274 e. The van der Waals surface area contributed by atoms with Gasteiger partial charge in [-0.1, -0.05) is 23.2 Å². The average Bonchev–Trinajstić information content (AvgIpc) is 2.62. The molecule has 0 aliphatic carbocycles. The van der Waals surface area contributed by atoms with Crippen LogP contribution in [-0.2, 0) is 4.79 Å². The minimum Gasteiger partial charge on any atom is -0.384 e. The Morgan fingerprint density at radius 3 is 2.48 bits per heavy atom. The Labute approximate surface area is 155 Å². The predicted octanol–water partition coefficient (Wildman–Crippen LogP) is 3.59. The zero-order valence-electron chi connectivity index (χ0n) is 13.1. The summed E-state index contributed by atoms with van der Waals surface area (Å²) in [7, 11) is 0. The van der Waals surface area contributed by atoms with E-state index in [-0.39, 0.29) is 0 Å². The maximum Gasteiger partial charge on any atom is 0.274 e. The quantitative estimate of drug-likeness (QED) is 0.318. The molecule has 1 amide bonds. The Balaban J connectivity index is 1.87. The number of hydrogen-bond acceptors (Lipinski definition) is 5. The van der Waals surface area contributed by atoms with E-state index in [9.17, 15) is 9.59 Å². The third-order valence-corrected chi connectivity index (χ3v) is 4.01. The van der Waals surface area contributed by atoms with Crippen LogP contribution in [0.4, 0.5) is 11.4 Å². The second-order valence-electron chi connectivity index (χ2n) is 5.24. The number of amides is 1. The molecule has 2 rings (SSSR count). The molecule has 0 spiro atoms. The molecular formula is C17H17Cl2N3O3. The lowest BCUT2D eigenvalue weighted by molar-refractivity contribution is -0.108. The van der Waals surface area contributed by atoms with Gasteiger partial charge in [-0.2, -0.15) is 0 Å². The molecule has 0 aromatic heterocycles. The Morgan fingerprint density at radius 2 is 1.88 bits per heavy atom. The van der Waals surface area contributed by atoms with Gasteiger partial charge in [0.2, 0.25) is 0 Å². The summed E-state index contributed by atoms with van der Waals surface area (Å²) < 4.78 is 0. The molecular weight excluding hydrogens is 365 g/mol. The topological polar surface area (TPSA) is 90.5 Å². The van der Waals surface area contributed by atoms with E-state index < -0.39 is 11.9 Å². The highest BCUT2D eigenvalue weighted by molar-refractivity contribution is 6.36. The molecule has 132 valence electrons. The Morgan fingerprint density at radius 1 is 1.16 bits per heavy atom. The van der Waals surface area contributed by atoms with Gasteiger partial charge in [0, 0.05) is 22.8 Å². The molecule has 0 aliphatic rings. The fourth-order valence-electron chi connectivity index (χ4n) is 2.17. The van der Waals surface area contributed by atoms with Gasteiger partial charge in [-0.3, -0.25) is 10.0 Å². The van der Waals surface area contributed by atoms with Gasteiger partial charge in [-0.25, -0.2) is 5.48 Å². The minimum atomic E-state index is -0.595. The summed E-state index contributed by atoms with van der Waals surface area (Å²) in [5, 5.41) is 15.9. The van der Waals surface area contributed by atoms with Crippen molar-refractivity contribution in [3.05, 3.63) is 58.1 Å². The molecule has 0 heterocycles. The van der Waals surface area contributed by atoms with E-state index in [1.807, 2.05) is 0 Å². The van der Waals surface area contributed by atoms with Gasteiger partial charge in [0.15, 0.2) is 0 Å². The second-order valence-corrected chi connectivity index (χ2v) is 6.09. The van der Waals surface area contributed by atoms with Crippen LogP contribution in [0.15, 0.2) is 42.5 Å². The molecule has 25 heavy (non-hydrogen) atoms. The van der Waals surface area contributed by atoms with Crippen LogP contribution in [0.5, 0.6) is 0 Å². The molecule has 0 bridgehead atoms. The van der Waals surface area contributed by atoms with Crippen molar-refractivity contribution in [1.82, 2.24) is 5.48 Å². The number of nitrogens with one attached hydrogen (secondary N) is 3. The molecule has 2 aromatic rings. The average molecular weight is 382 g/mol. The molecule has 0 saturated heterocycles. The van der Waals surface area contributed by atoms with Crippen LogP contribution in [0.1, 0.15) is 16.8 Å². The first-order valence-electron chi connectivity index (χ1n) is 7.48. The molecule has 2 aromatic carbocycles. The molecule has 6 nitrogen and oxygen atoms in total. The first kappa shape index (κ1) is 19.1. The lowest BCUT2D eigenvalue weighted by Gasteiger charge is -2.15. The van der Waals surface area contributed by atoms with E-state index in [0.29, 0.717) is 34.3 Å². The molecule has 0 radical (unpaired) electrons. The van der Waals surface area contributed by atoms with E-state index in [0.717, 1.165) is 12.0 Å². The van der Waals surface area contributed by atoms with Gasteiger partial charge in [0.05, 0.1) is 16.8 Å². The first-order valence-corrected chi connectivity index (χ1v) is 8.24. The van der Waals surface area contributed by atoms with Gasteiger partial charge in [0.1, 0.15) is 6.29 Å². The summed E-state index contributed by atoms with van der Waals surface area (Å²) >= 11 is 11.9. The summed E-state index contributed by atoms with van der Waals surface area (Å²) in [5.41, 5.74) is 3.31. The zero-order chi connectivity index (χ0) is 18.2. The number of carbonyl (C=O) groups excluding carboxylic acids is 2. The fraction of sp³-hybridized carbons (Fsp3) is 0.176. The summed E-state index contributed by atoms with van der Waals surface area (Å²) in [6.45, 7) is 0.531. The molecule has 0 fully saturated rings. The normalized spacial score (nSPS) is 11.5. The summed E-state index contributed by atoms with van der Waals surface area (Å²) in [6, 6.07) is 11.1. The molecule has 1 unspecified atom stereocenters. The Hall–Kier alpha value is -2.28. The van der Waals surface area contributed by atoms with Crippen LogP contribution >= 0.6 is 23.2 Å². The molecule has 4 N–H and O–H groups in total. The largest absolute Gasteiger partial charge is 0.384 e. The number of anilines is 2. The second kappa shape index (κ2) is 9.27. The highest BCUT2D eigenvalue weighted by atomic mass is 35.5. The van der Waals surface area contributed by atoms with Crippen molar-refractivity contribution in [3.63, 3.8) is 0 Å². The number of carbonyl (C=O) groups is 2. The van der Waals surface area contributed by atoms with E-state index in [2.05, 4.69) is 10.6 Å². The van der Waals surface area contributed by atoms with Crippen LogP contribution < -0.4 is 16.1 Å². The standard InChI is InChI=1S/C17H17Cl2N3O3/c18-12-3-6-16(15(19)9-12)20-8-7-14(10-23)21-13-4-1-11(2-5-13)17(24)22-25/h1-6,9-10,14,20-21,25H,7-8H2,(H,22,24). The third-order valence-electron chi connectivity index (χ3n) is 3.47. The maximum absolute atomic E-state index is 11.3.